The van der Waals surface area contributed by atoms with Crippen LogP contribution in [0.5, 0.6) is 0 Å². The number of nitrogens with zero attached hydrogens (tertiary/aromatic N) is 2. The Kier molecular flexibility index (Phi) is 6.04. The third-order valence-electron chi connectivity index (χ3n) is 3.67. The Bertz CT molecular complexity index is 473. The summed E-state index contributed by atoms with van der Waals surface area (Å²) in [5, 5.41) is 8.56. The molecule has 0 radical (unpaired) electrons. The third-order valence-corrected chi connectivity index (χ3v) is 4.57. The van der Waals surface area contributed by atoms with Crippen molar-refractivity contribution in [2.24, 2.45) is 5.92 Å². The predicted octanol–water partition coefficient (Wildman–Crippen LogP) is 1.68. The fourth-order valence-electron chi connectivity index (χ4n) is 2.56. The summed E-state index contributed by atoms with van der Waals surface area (Å²) < 4.78 is 0. The summed E-state index contributed by atoms with van der Waals surface area (Å²) in [5.41, 5.74) is 1.25. The molecule has 0 aliphatic carbocycles. The van der Waals surface area contributed by atoms with Gasteiger partial charge in [-0.1, -0.05) is 6.07 Å². The molecule has 2 heterocycles. The predicted molar refractivity (Wildman–Crippen MR) is 82.2 cm³/mol. The van der Waals surface area contributed by atoms with Crippen LogP contribution in [0, 0.1) is 5.92 Å². The highest BCUT2D eigenvalue weighted by atomic mass is 32.2. The quantitative estimate of drug-likeness (QED) is 0.866. The first-order chi connectivity index (χ1) is 10.1. The van der Waals surface area contributed by atoms with Crippen molar-refractivity contribution < 1.29 is 14.7 Å². The molecule has 0 unspecified atom stereocenters. The van der Waals surface area contributed by atoms with Crippen LogP contribution in [0.2, 0.25) is 0 Å². The van der Waals surface area contributed by atoms with Crippen LogP contribution in [0.4, 0.5) is 0 Å². The molecule has 1 aromatic heterocycles. The first kappa shape index (κ1) is 15.8. The van der Waals surface area contributed by atoms with Crippen molar-refractivity contribution in [3.8, 4) is 0 Å². The van der Waals surface area contributed by atoms with Crippen LogP contribution in [0.3, 0.4) is 0 Å². The summed E-state index contributed by atoms with van der Waals surface area (Å²) in [4.78, 5) is 28.4. The van der Waals surface area contributed by atoms with Crippen molar-refractivity contribution in [1.29, 1.82) is 0 Å². The SMILES string of the molecule is O=C(O)CSCC(=O)N1CCC(Cc2cccnc2)CC1. The number of carboxylic acid groups (broad SMARTS) is 1. The maximum Gasteiger partial charge on any atom is 0.313 e. The summed E-state index contributed by atoms with van der Waals surface area (Å²) in [6.45, 7) is 1.55. The molecule has 1 saturated heterocycles. The Morgan fingerprint density at radius 2 is 2.10 bits per heavy atom. The van der Waals surface area contributed by atoms with Crippen LogP contribution in [0.15, 0.2) is 24.5 Å². The highest BCUT2D eigenvalue weighted by Gasteiger charge is 2.22. The lowest BCUT2D eigenvalue weighted by Gasteiger charge is -2.32. The van der Waals surface area contributed by atoms with Crippen LogP contribution in [0.25, 0.3) is 0 Å². The molecule has 1 aromatic rings. The molecule has 0 spiro atoms. The smallest absolute Gasteiger partial charge is 0.313 e. The van der Waals surface area contributed by atoms with E-state index in [1.807, 2.05) is 17.2 Å². The fraction of sp³-hybridized carbons (Fsp3) is 0.533. The van der Waals surface area contributed by atoms with Gasteiger partial charge in [-0.05, 0) is 36.8 Å². The largest absolute Gasteiger partial charge is 0.481 e. The lowest BCUT2D eigenvalue weighted by molar-refractivity contribution is -0.133. The van der Waals surface area contributed by atoms with E-state index in [1.165, 1.54) is 17.3 Å². The zero-order chi connectivity index (χ0) is 15.1. The molecule has 1 aliphatic heterocycles. The number of carbonyl (C=O) groups excluding carboxylic acids is 1. The monoisotopic (exact) mass is 308 g/mol. The number of aromatic nitrogens is 1. The van der Waals surface area contributed by atoms with Gasteiger partial charge in [0.05, 0.1) is 11.5 Å². The minimum Gasteiger partial charge on any atom is -0.481 e. The van der Waals surface area contributed by atoms with E-state index in [0.717, 1.165) is 32.4 Å². The third kappa shape index (κ3) is 5.38. The van der Waals surface area contributed by atoms with Crippen LogP contribution in [-0.4, -0.2) is 51.5 Å². The van der Waals surface area contributed by atoms with Crippen molar-refractivity contribution in [2.45, 2.75) is 19.3 Å². The van der Waals surface area contributed by atoms with Crippen molar-refractivity contribution in [2.75, 3.05) is 24.6 Å². The van der Waals surface area contributed by atoms with Gasteiger partial charge in [-0.2, -0.15) is 0 Å². The lowest BCUT2D eigenvalue weighted by atomic mass is 9.91. The number of carboxylic acids is 1. The molecule has 0 atom stereocenters. The zero-order valence-electron chi connectivity index (χ0n) is 11.9. The van der Waals surface area contributed by atoms with E-state index in [2.05, 4.69) is 11.1 Å². The molecule has 1 amide bonds. The molecular formula is C15H20N2O3S. The number of hydrogen-bond donors (Lipinski definition) is 1. The molecule has 114 valence electrons. The van der Waals surface area contributed by atoms with E-state index >= 15 is 0 Å². The Morgan fingerprint density at radius 3 is 2.71 bits per heavy atom. The summed E-state index contributed by atoms with van der Waals surface area (Å²) in [6.07, 6.45) is 6.71. The molecule has 5 nitrogen and oxygen atoms in total. The molecule has 6 heteroatoms. The number of rotatable bonds is 6. The number of aliphatic carboxylic acids is 1. The van der Waals surface area contributed by atoms with E-state index in [4.69, 9.17) is 5.11 Å². The number of carbonyl (C=O) groups is 2. The Hall–Kier alpha value is -1.56. The standard InChI is InChI=1S/C15H20N2O3S/c18-14(10-21-11-15(19)20)17-6-3-12(4-7-17)8-13-2-1-5-16-9-13/h1-2,5,9,12H,3-4,6-8,10-11H2,(H,19,20). The minimum absolute atomic E-state index is 0.0107. The molecule has 21 heavy (non-hydrogen) atoms. The van der Waals surface area contributed by atoms with Gasteiger partial charge in [0.1, 0.15) is 0 Å². The van der Waals surface area contributed by atoms with Crippen LogP contribution < -0.4 is 0 Å². The second-order valence-electron chi connectivity index (χ2n) is 5.28. The topological polar surface area (TPSA) is 70.5 Å². The average molecular weight is 308 g/mol. The minimum atomic E-state index is -0.872. The first-order valence-corrected chi connectivity index (χ1v) is 8.27. The molecule has 2 rings (SSSR count). The number of likely N-dealkylation sites (tertiary alicyclic amines) is 1. The highest BCUT2D eigenvalue weighted by molar-refractivity contribution is 8.00. The van der Waals surface area contributed by atoms with Gasteiger partial charge in [-0.25, -0.2) is 0 Å². The maximum absolute atomic E-state index is 11.9. The first-order valence-electron chi connectivity index (χ1n) is 7.11. The lowest BCUT2D eigenvalue weighted by Crippen LogP contribution is -2.40. The zero-order valence-corrected chi connectivity index (χ0v) is 12.7. The molecule has 0 bridgehead atoms. The number of amides is 1. The summed E-state index contributed by atoms with van der Waals surface area (Å²) in [7, 11) is 0. The van der Waals surface area contributed by atoms with Crippen LogP contribution in [0.1, 0.15) is 18.4 Å². The van der Waals surface area contributed by atoms with Crippen molar-refractivity contribution >= 4 is 23.6 Å². The average Bonchev–Trinajstić information content (AvgIpc) is 2.48. The van der Waals surface area contributed by atoms with E-state index in [-0.39, 0.29) is 17.4 Å². The van der Waals surface area contributed by atoms with Crippen molar-refractivity contribution in [3.63, 3.8) is 0 Å². The van der Waals surface area contributed by atoms with Crippen molar-refractivity contribution in [3.05, 3.63) is 30.1 Å². The second kappa shape index (κ2) is 8.02. The van der Waals surface area contributed by atoms with Crippen LogP contribution >= 0.6 is 11.8 Å². The number of piperidine rings is 1. The molecule has 1 aliphatic rings. The molecular weight excluding hydrogens is 288 g/mol. The summed E-state index contributed by atoms with van der Waals surface area (Å²) >= 11 is 1.17. The van der Waals surface area contributed by atoms with Crippen LogP contribution in [-0.2, 0) is 16.0 Å². The van der Waals surface area contributed by atoms with Gasteiger partial charge >= 0.3 is 5.97 Å². The second-order valence-corrected chi connectivity index (χ2v) is 6.26. The molecule has 0 saturated carbocycles. The van der Waals surface area contributed by atoms with Gasteiger partial charge < -0.3 is 10.0 Å². The number of pyridine rings is 1. The van der Waals surface area contributed by atoms with Gasteiger partial charge in [-0.15, -0.1) is 11.8 Å². The Morgan fingerprint density at radius 1 is 1.33 bits per heavy atom. The molecule has 1 fully saturated rings. The maximum atomic E-state index is 11.9. The number of thioether (sulfide) groups is 1. The van der Waals surface area contributed by atoms with E-state index in [9.17, 15) is 9.59 Å². The number of hydrogen-bond acceptors (Lipinski definition) is 4. The normalized spacial score (nSPS) is 15.9. The van der Waals surface area contributed by atoms with Gasteiger partial charge in [0, 0.05) is 25.5 Å². The van der Waals surface area contributed by atoms with E-state index in [1.54, 1.807) is 6.20 Å². The van der Waals surface area contributed by atoms with E-state index < -0.39 is 5.97 Å². The Balaban J connectivity index is 1.70. The summed E-state index contributed by atoms with van der Waals surface area (Å²) in [6, 6.07) is 4.04. The summed E-state index contributed by atoms with van der Waals surface area (Å²) in [5.74, 6) is 0.0389. The van der Waals surface area contributed by atoms with E-state index in [0.29, 0.717) is 5.92 Å². The fourth-order valence-corrected chi connectivity index (χ4v) is 3.19. The molecule has 1 N–H and O–H groups in total. The van der Waals surface area contributed by atoms with Crippen molar-refractivity contribution in [1.82, 2.24) is 9.88 Å². The van der Waals surface area contributed by atoms with Gasteiger partial charge in [-0.3, -0.25) is 14.6 Å². The Labute approximate surface area is 128 Å². The molecule has 0 aromatic carbocycles. The van der Waals surface area contributed by atoms with Gasteiger partial charge in [0.15, 0.2) is 0 Å². The van der Waals surface area contributed by atoms with Gasteiger partial charge in [0.25, 0.3) is 0 Å². The highest BCUT2D eigenvalue weighted by Crippen LogP contribution is 2.21. The van der Waals surface area contributed by atoms with Gasteiger partial charge in [0.2, 0.25) is 5.91 Å².